The molecule has 1 saturated heterocycles. The van der Waals surface area contributed by atoms with Gasteiger partial charge in [-0.2, -0.15) is 5.10 Å². The average molecular weight is 686 g/mol. The highest BCUT2D eigenvalue weighted by atomic mass is 35.5. The summed E-state index contributed by atoms with van der Waals surface area (Å²) in [7, 11) is -1.36. The predicted octanol–water partition coefficient (Wildman–Crippen LogP) is 6.43. The number of amidine groups is 1. The van der Waals surface area contributed by atoms with Crippen LogP contribution in [0, 0.1) is 0 Å². The number of amides is 2. The molecule has 1 fully saturated rings. The van der Waals surface area contributed by atoms with E-state index in [-0.39, 0.29) is 38.2 Å². The molecule has 2 aromatic rings. The van der Waals surface area contributed by atoms with Crippen molar-refractivity contribution in [2.75, 3.05) is 37.9 Å². The third kappa shape index (κ3) is 6.49. The van der Waals surface area contributed by atoms with Gasteiger partial charge in [-0.15, -0.1) is 0 Å². The number of nitrogens with zero attached hydrogens (tertiary/aromatic N) is 4. The summed E-state index contributed by atoms with van der Waals surface area (Å²) in [6.45, 7) is 15.5. The van der Waals surface area contributed by atoms with Gasteiger partial charge in [-0.05, 0) is 47.9 Å². The molecule has 12 heteroatoms. The van der Waals surface area contributed by atoms with E-state index in [1.807, 2.05) is 54.3 Å². The molecule has 0 saturated carbocycles. The summed E-state index contributed by atoms with van der Waals surface area (Å²) in [6.07, 6.45) is 0.926. The first-order valence-corrected chi connectivity index (χ1v) is 20.1. The Hall–Kier alpha value is -3.18. The van der Waals surface area contributed by atoms with Gasteiger partial charge in [-0.1, -0.05) is 80.1 Å². The number of rotatable bonds is 11. The van der Waals surface area contributed by atoms with E-state index >= 15 is 4.79 Å². The van der Waals surface area contributed by atoms with E-state index in [4.69, 9.17) is 37.8 Å². The monoisotopic (exact) mass is 684 g/mol. The Bertz CT molecular complexity index is 1580. The highest BCUT2D eigenvalue weighted by Crippen LogP contribution is 2.59. The number of carbonyl (C=O) groups is 3. The quantitative estimate of drug-likeness (QED) is 0.117. The number of hydrogen-bond acceptors (Lipinski definition) is 7. The van der Waals surface area contributed by atoms with Crippen molar-refractivity contribution in [1.82, 2.24) is 9.91 Å². The molecule has 0 radical (unpaired) electrons. The van der Waals surface area contributed by atoms with Gasteiger partial charge in [-0.25, -0.2) is 5.01 Å². The summed E-state index contributed by atoms with van der Waals surface area (Å²) < 4.78 is 11.3. The fourth-order valence-corrected chi connectivity index (χ4v) is 7.95. The predicted molar refractivity (Wildman–Crippen MR) is 184 cm³/mol. The number of halogens is 2. The van der Waals surface area contributed by atoms with Crippen LogP contribution in [-0.4, -0.2) is 80.7 Å². The van der Waals surface area contributed by atoms with Gasteiger partial charge < -0.3 is 14.4 Å². The van der Waals surface area contributed by atoms with Crippen molar-refractivity contribution in [2.24, 2.45) is 5.10 Å². The largest absolute Gasteiger partial charge is 0.464 e. The van der Waals surface area contributed by atoms with Crippen LogP contribution in [0.4, 0.5) is 5.69 Å². The maximum Gasteiger partial charge on any atom is 0.302 e. The van der Waals surface area contributed by atoms with Crippen LogP contribution in [-0.2, 0) is 29.3 Å². The Balaban J connectivity index is 1.67. The molecule has 9 nitrogen and oxygen atoms in total. The molecular formula is C34H42Cl2N4O5Si. The molecule has 2 aromatic carbocycles. The van der Waals surface area contributed by atoms with Gasteiger partial charge in [0.15, 0.2) is 0 Å². The Morgan fingerprint density at radius 2 is 1.85 bits per heavy atom. The van der Waals surface area contributed by atoms with Crippen LogP contribution in [0.1, 0.15) is 43.7 Å². The van der Waals surface area contributed by atoms with Crippen LogP contribution >= 0.6 is 23.2 Å². The molecule has 5 rings (SSSR count). The number of hydrogen-bond donors (Lipinski definition) is 0. The van der Waals surface area contributed by atoms with Crippen molar-refractivity contribution in [1.29, 1.82) is 0 Å². The smallest absolute Gasteiger partial charge is 0.302 e. The van der Waals surface area contributed by atoms with Crippen LogP contribution < -0.4 is 4.90 Å². The lowest BCUT2D eigenvalue weighted by atomic mass is 9.58. The second-order valence-corrected chi connectivity index (χ2v) is 19.8. The van der Waals surface area contributed by atoms with Crippen LogP contribution in [0.3, 0.4) is 0 Å². The molecule has 0 aromatic heterocycles. The minimum Gasteiger partial charge on any atom is -0.464 e. The summed E-state index contributed by atoms with van der Waals surface area (Å²) in [4.78, 5) is 43.9. The van der Waals surface area contributed by atoms with E-state index in [1.54, 1.807) is 4.90 Å². The third-order valence-electron chi connectivity index (χ3n) is 9.05. The number of piperidine rings is 1. The Morgan fingerprint density at radius 3 is 2.52 bits per heavy atom. The van der Waals surface area contributed by atoms with Crippen LogP contribution in [0.5, 0.6) is 0 Å². The minimum atomic E-state index is -1.36. The number of anilines is 1. The molecule has 0 unspecified atom stereocenters. The van der Waals surface area contributed by atoms with Crippen molar-refractivity contribution in [2.45, 2.75) is 69.7 Å². The third-order valence-corrected chi connectivity index (χ3v) is 11.2. The van der Waals surface area contributed by atoms with Gasteiger partial charge >= 0.3 is 5.97 Å². The zero-order valence-corrected chi connectivity index (χ0v) is 29.7. The van der Waals surface area contributed by atoms with Crippen molar-refractivity contribution in [3.05, 3.63) is 75.8 Å². The zero-order chi connectivity index (χ0) is 33.4. The molecule has 246 valence electrons. The molecule has 0 aliphatic carbocycles. The number of ether oxygens (including phenoxy) is 2. The van der Waals surface area contributed by atoms with E-state index in [9.17, 15) is 9.59 Å². The van der Waals surface area contributed by atoms with Crippen LogP contribution in [0.25, 0.3) is 0 Å². The van der Waals surface area contributed by atoms with E-state index in [0.717, 1.165) is 22.7 Å². The van der Waals surface area contributed by atoms with Crippen molar-refractivity contribution >= 4 is 60.6 Å². The molecule has 0 bridgehead atoms. The van der Waals surface area contributed by atoms with Gasteiger partial charge in [0, 0.05) is 44.0 Å². The van der Waals surface area contributed by atoms with Crippen molar-refractivity contribution in [3.8, 4) is 0 Å². The summed E-state index contributed by atoms with van der Waals surface area (Å²) in [6, 6.07) is 13.5. The SMILES string of the molecule is C=C(CC)[C@H]1N2CC(=O)N(CCOC(C)=O)N=C2C[C@@H](c2cccc(Cl)c2)[C@]12C(=O)N(COCC[Si](C)(C)C)c1cc(Cl)ccc12. The van der Waals surface area contributed by atoms with Crippen molar-refractivity contribution in [3.63, 3.8) is 0 Å². The van der Waals surface area contributed by atoms with E-state index in [2.05, 4.69) is 26.2 Å². The van der Waals surface area contributed by atoms with E-state index in [0.29, 0.717) is 41.0 Å². The van der Waals surface area contributed by atoms with Crippen LogP contribution in [0.2, 0.25) is 35.7 Å². The highest BCUT2D eigenvalue weighted by Gasteiger charge is 2.65. The van der Waals surface area contributed by atoms with Gasteiger partial charge in [0.05, 0.1) is 18.3 Å². The fourth-order valence-electron chi connectivity index (χ4n) is 6.83. The first-order chi connectivity index (χ1) is 21.8. The summed E-state index contributed by atoms with van der Waals surface area (Å²) in [5.41, 5.74) is 2.00. The van der Waals surface area contributed by atoms with E-state index < -0.39 is 31.4 Å². The lowest BCUT2D eigenvalue weighted by molar-refractivity contribution is -0.144. The molecular weight excluding hydrogens is 643 g/mol. The summed E-state index contributed by atoms with van der Waals surface area (Å²) >= 11 is 13.1. The summed E-state index contributed by atoms with van der Waals surface area (Å²) in [5.74, 6) is -0.574. The second-order valence-electron chi connectivity index (χ2n) is 13.3. The highest BCUT2D eigenvalue weighted by molar-refractivity contribution is 6.76. The first-order valence-electron chi connectivity index (χ1n) is 15.7. The number of benzene rings is 2. The van der Waals surface area contributed by atoms with Gasteiger partial charge in [-0.3, -0.25) is 19.3 Å². The number of fused-ring (bicyclic) bond motifs is 3. The van der Waals surface area contributed by atoms with Crippen LogP contribution in [0.15, 0.2) is 59.7 Å². The Labute approximate surface area is 282 Å². The first kappa shape index (κ1) is 34.2. The second kappa shape index (κ2) is 13.5. The fraction of sp³-hybridized carbons (Fsp3) is 0.471. The van der Waals surface area contributed by atoms with E-state index in [1.165, 1.54) is 11.9 Å². The average Bonchev–Trinajstić information content (AvgIpc) is 3.21. The molecule has 3 atom stereocenters. The molecule has 46 heavy (non-hydrogen) atoms. The molecule has 0 N–H and O–H groups in total. The molecule has 2 amide bonds. The maximum atomic E-state index is 15.3. The van der Waals surface area contributed by atoms with Gasteiger partial charge in [0.2, 0.25) is 5.91 Å². The Kier molecular flexibility index (Phi) is 10.0. The topological polar surface area (TPSA) is 91.8 Å². The molecule has 3 aliphatic heterocycles. The molecule has 1 spiro atoms. The van der Waals surface area contributed by atoms with Gasteiger partial charge in [0.25, 0.3) is 5.91 Å². The number of hydrazone groups is 1. The number of esters is 1. The maximum absolute atomic E-state index is 15.3. The molecule has 3 heterocycles. The van der Waals surface area contributed by atoms with Gasteiger partial charge in [0.1, 0.15) is 31.1 Å². The molecule has 3 aliphatic rings. The summed E-state index contributed by atoms with van der Waals surface area (Å²) in [5, 5.41) is 7.21. The zero-order valence-electron chi connectivity index (χ0n) is 27.1. The Morgan fingerprint density at radius 1 is 1.11 bits per heavy atom. The minimum absolute atomic E-state index is 0.00444. The normalized spacial score (nSPS) is 22.6. The standard InChI is InChI=1S/C34H42Cl2N4O5Si/c1-7-22(2)32-34(27-12-11-26(36)18-29(27)39(33(34)43)21-44-15-16-46(4,5)6)28(24-9-8-10-25(35)17-24)19-30-37-40(13-14-45-23(3)41)31(42)20-38(30)32/h8-12,17-18,28,32H,2,7,13-16,19-21H2,1,3-6H3/t28-,32+,34-/m0/s1. The lowest BCUT2D eigenvalue weighted by Crippen LogP contribution is -2.67. The number of carbonyl (C=O) groups excluding carboxylic acids is 3. The van der Waals surface area contributed by atoms with Crippen molar-refractivity contribution < 1.29 is 23.9 Å². The lowest BCUT2D eigenvalue weighted by Gasteiger charge is -2.54.